The molecule has 3 rings (SSSR count). The first kappa shape index (κ1) is 21.6. The number of ether oxygens (including phenoxy) is 1. The highest BCUT2D eigenvalue weighted by molar-refractivity contribution is 5.95. The van der Waals surface area contributed by atoms with E-state index < -0.39 is 0 Å². The quantitative estimate of drug-likeness (QED) is 0.737. The van der Waals surface area contributed by atoms with E-state index in [0.29, 0.717) is 29.5 Å². The van der Waals surface area contributed by atoms with Crippen LogP contribution in [0.15, 0.2) is 30.6 Å². The van der Waals surface area contributed by atoms with Crippen LogP contribution < -0.4 is 10.1 Å². The fourth-order valence-corrected chi connectivity index (χ4v) is 3.68. The summed E-state index contributed by atoms with van der Waals surface area (Å²) in [6, 6.07) is 5.40. The Morgan fingerprint density at radius 1 is 1.33 bits per heavy atom. The maximum atomic E-state index is 12.9. The maximum absolute atomic E-state index is 12.9. The molecule has 0 saturated carbocycles. The molecule has 7 nitrogen and oxygen atoms in total. The van der Waals surface area contributed by atoms with E-state index in [1.807, 2.05) is 26.8 Å². The lowest BCUT2D eigenvalue weighted by molar-refractivity contribution is 0.0930. The summed E-state index contributed by atoms with van der Waals surface area (Å²) < 4.78 is 6.02. The molecule has 1 aliphatic rings. The molecule has 1 aromatic heterocycles. The number of likely N-dealkylation sites (tertiary alicyclic amines) is 1. The lowest BCUT2D eigenvalue weighted by Crippen LogP contribution is -2.42. The van der Waals surface area contributed by atoms with Crippen molar-refractivity contribution < 1.29 is 9.53 Å². The second-order valence-electron chi connectivity index (χ2n) is 8.37. The third-order valence-corrected chi connectivity index (χ3v) is 5.40. The number of nitriles is 1. The van der Waals surface area contributed by atoms with Gasteiger partial charge in [0.1, 0.15) is 5.75 Å². The normalized spacial score (nSPS) is 20.8. The first-order valence-corrected chi connectivity index (χ1v) is 10.3. The summed E-state index contributed by atoms with van der Waals surface area (Å²) in [5.74, 6) is 0.785. The Labute approximate surface area is 178 Å². The lowest BCUT2D eigenvalue weighted by Gasteiger charge is -2.22. The smallest absolute Gasteiger partial charge is 0.251 e. The summed E-state index contributed by atoms with van der Waals surface area (Å²) in [6.07, 6.45) is 6.39. The molecule has 3 atom stereocenters. The van der Waals surface area contributed by atoms with Gasteiger partial charge in [-0.05, 0) is 51.3 Å². The molecule has 1 N–H and O–H groups in total. The predicted octanol–water partition coefficient (Wildman–Crippen LogP) is 3.55. The molecule has 0 radical (unpaired) electrons. The van der Waals surface area contributed by atoms with E-state index in [1.54, 1.807) is 29.4 Å². The van der Waals surface area contributed by atoms with Crippen molar-refractivity contribution >= 4 is 5.91 Å². The highest BCUT2D eigenvalue weighted by Gasteiger charge is 2.36. The molecule has 1 fully saturated rings. The molecular formula is C23H29N5O2. The summed E-state index contributed by atoms with van der Waals surface area (Å²) >= 11 is 0. The summed E-state index contributed by atoms with van der Waals surface area (Å²) in [4.78, 5) is 23.4. The molecule has 1 aliphatic heterocycles. The molecule has 7 heteroatoms. The van der Waals surface area contributed by atoms with Crippen LogP contribution in [0.5, 0.6) is 5.75 Å². The SMILES string of the molecule is Cc1cnc(-c2ccc(C(=O)N[C@@H]3C[C@H](C)N(C#N)[C@@H]3C)cc2OCC(C)C)cn1. The minimum atomic E-state index is -0.172. The monoisotopic (exact) mass is 407 g/mol. The third-order valence-electron chi connectivity index (χ3n) is 5.40. The number of rotatable bonds is 6. The molecule has 0 aliphatic carbocycles. The second-order valence-corrected chi connectivity index (χ2v) is 8.37. The number of hydrogen-bond donors (Lipinski definition) is 1. The molecule has 158 valence electrons. The van der Waals surface area contributed by atoms with Gasteiger partial charge < -0.3 is 15.0 Å². The van der Waals surface area contributed by atoms with Gasteiger partial charge in [-0.25, -0.2) is 0 Å². The van der Waals surface area contributed by atoms with E-state index in [1.165, 1.54) is 0 Å². The second kappa shape index (κ2) is 9.12. The number of aryl methyl sites for hydroxylation is 1. The Balaban J connectivity index is 1.84. The summed E-state index contributed by atoms with van der Waals surface area (Å²) in [7, 11) is 0. The summed E-state index contributed by atoms with van der Waals surface area (Å²) in [6.45, 7) is 10.5. The molecule has 1 amide bonds. The van der Waals surface area contributed by atoms with E-state index >= 15 is 0 Å². The highest BCUT2D eigenvalue weighted by Crippen LogP contribution is 2.30. The van der Waals surface area contributed by atoms with E-state index in [0.717, 1.165) is 17.7 Å². The first-order chi connectivity index (χ1) is 14.3. The Kier molecular flexibility index (Phi) is 6.56. The van der Waals surface area contributed by atoms with Crippen molar-refractivity contribution in [2.24, 2.45) is 5.92 Å². The number of aromatic nitrogens is 2. The van der Waals surface area contributed by atoms with Crippen LogP contribution >= 0.6 is 0 Å². The summed E-state index contributed by atoms with van der Waals surface area (Å²) in [5, 5.41) is 12.4. The third kappa shape index (κ3) is 4.70. The average molecular weight is 408 g/mol. The first-order valence-electron chi connectivity index (χ1n) is 10.3. The average Bonchev–Trinajstić information content (AvgIpc) is 2.99. The number of benzene rings is 1. The minimum absolute atomic E-state index is 0.0345. The number of nitrogens with one attached hydrogen (secondary N) is 1. The van der Waals surface area contributed by atoms with Crippen molar-refractivity contribution in [1.29, 1.82) is 5.26 Å². The predicted molar refractivity (Wildman–Crippen MR) is 115 cm³/mol. The standard InChI is InChI=1S/C23H29N5O2/c1-14(2)12-30-22-9-18(6-7-19(22)21-11-25-15(3)10-26-21)23(29)27-20-8-16(4)28(13-24)17(20)5/h6-7,9-11,14,16-17,20H,8,12H2,1-5H3,(H,27,29)/t16-,17+,20+/m0/s1. The maximum Gasteiger partial charge on any atom is 0.251 e. The van der Waals surface area contributed by atoms with E-state index in [4.69, 9.17) is 4.74 Å². The number of carbonyl (C=O) groups is 1. The number of amides is 1. The van der Waals surface area contributed by atoms with Crippen LogP contribution in [0.2, 0.25) is 0 Å². The van der Waals surface area contributed by atoms with Crippen LogP contribution in [0.4, 0.5) is 0 Å². The van der Waals surface area contributed by atoms with Gasteiger partial charge in [0.15, 0.2) is 6.19 Å². The van der Waals surface area contributed by atoms with Crippen LogP contribution in [0.25, 0.3) is 11.3 Å². The zero-order valence-corrected chi connectivity index (χ0v) is 18.2. The van der Waals surface area contributed by atoms with Crippen molar-refractivity contribution in [2.75, 3.05) is 6.61 Å². The fraction of sp³-hybridized carbons (Fsp3) is 0.478. The van der Waals surface area contributed by atoms with Gasteiger partial charge in [0.2, 0.25) is 0 Å². The van der Waals surface area contributed by atoms with Crippen molar-refractivity contribution in [3.63, 3.8) is 0 Å². The van der Waals surface area contributed by atoms with Gasteiger partial charge in [-0.3, -0.25) is 14.8 Å². The van der Waals surface area contributed by atoms with Crippen molar-refractivity contribution in [3.05, 3.63) is 41.9 Å². The van der Waals surface area contributed by atoms with Crippen LogP contribution in [0.1, 0.15) is 50.2 Å². The molecule has 2 aromatic rings. The Bertz CT molecular complexity index is 936. The van der Waals surface area contributed by atoms with Crippen molar-refractivity contribution in [2.45, 2.75) is 59.2 Å². The molecular weight excluding hydrogens is 378 g/mol. The minimum Gasteiger partial charge on any atom is -0.493 e. The topological polar surface area (TPSA) is 91.1 Å². The number of hydrogen-bond acceptors (Lipinski definition) is 6. The fourth-order valence-electron chi connectivity index (χ4n) is 3.68. The molecule has 0 unspecified atom stereocenters. The zero-order valence-electron chi connectivity index (χ0n) is 18.2. The van der Waals surface area contributed by atoms with Gasteiger partial charge >= 0.3 is 0 Å². The van der Waals surface area contributed by atoms with Crippen molar-refractivity contribution in [3.8, 4) is 23.2 Å². The lowest BCUT2D eigenvalue weighted by atomic mass is 10.1. The Morgan fingerprint density at radius 3 is 2.70 bits per heavy atom. The van der Waals surface area contributed by atoms with Crippen LogP contribution in [0, 0.1) is 24.3 Å². The van der Waals surface area contributed by atoms with Gasteiger partial charge in [0.05, 0.1) is 36.3 Å². The zero-order chi connectivity index (χ0) is 21.8. The Hall–Kier alpha value is -3.14. The van der Waals surface area contributed by atoms with Crippen molar-refractivity contribution in [1.82, 2.24) is 20.2 Å². The molecule has 1 aromatic carbocycles. The van der Waals surface area contributed by atoms with E-state index in [-0.39, 0.29) is 24.0 Å². The van der Waals surface area contributed by atoms with E-state index in [9.17, 15) is 10.1 Å². The molecule has 30 heavy (non-hydrogen) atoms. The highest BCUT2D eigenvalue weighted by atomic mass is 16.5. The molecule has 0 bridgehead atoms. The molecule has 2 heterocycles. The van der Waals surface area contributed by atoms with Gasteiger partial charge in [-0.1, -0.05) is 13.8 Å². The largest absolute Gasteiger partial charge is 0.493 e. The van der Waals surface area contributed by atoms with Gasteiger partial charge in [0.25, 0.3) is 5.91 Å². The van der Waals surface area contributed by atoms with Gasteiger partial charge in [-0.2, -0.15) is 5.26 Å². The van der Waals surface area contributed by atoms with Crippen LogP contribution in [-0.4, -0.2) is 45.5 Å². The van der Waals surface area contributed by atoms with E-state index in [2.05, 4.69) is 35.3 Å². The van der Waals surface area contributed by atoms with Crippen LogP contribution in [-0.2, 0) is 0 Å². The Morgan fingerprint density at radius 2 is 2.10 bits per heavy atom. The number of nitrogens with zero attached hydrogens (tertiary/aromatic N) is 4. The molecule has 1 saturated heterocycles. The van der Waals surface area contributed by atoms with Gasteiger partial charge in [-0.15, -0.1) is 0 Å². The summed E-state index contributed by atoms with van der Waals surface area (Å²) in [5.41, 5.74) is 2.87. The van der Waals surface area contributed by atoms with Gasteiger partial charge in [0, 0.05) is 23.4 Å². The molecule has 0 spiro atoms. The van der Waals surface area contributed by atoms with Crippen LogP contribution in [0.3, 0.4) is 0 Å². The number of carbonyl (C=O) groups excluding carboxylic acids is 1.